The molecule has 70 valence electrons. The number of hydrazone groups is 1. The first-order valence-electron chi connectivity index (χ1n) is 3.47. The van der Waals surface area contributed by atoms with Crippen molar-refractivity contribution >= 4 is 12.2 Å². The van der Waals surface area contributed by atoms with Crippen LogP contribution in [0.3, 0.4) is 0 Å². The van der Waals surface area contributed by atoms with Crippen molar-refractivity contribution in [3.63, 3.8) is 0 Å². The molecule has 0 spiro atoms. The van der Waals surface area contributed by atoms with Gasteiger partial charge in [-0.05, 0) is 0 Å². The first kappa shape index (κ1) is 9.36. The van der Waals surface area contributed by atoms with Crippen molar-refractivity contribution in [2.45, 2.75) is 6.61 Å². The summed E-state index contributed by atoms with van der Waals surface area (Å²) in [6, 6.07) is 0. The third kappa shape index (κ3) is 2.36. The Labute approximate surface area is 74.7 Å². The van der Waals surface area contributed by atoms with Crippen LogP contribution in [0.5, 0.6) is 0 Å². The highest BCUT2D eigenvalue weighted by atomic mass is 16.3. The average Bonchev–Trinajstić information content (AvgIpc) is 2.18. The average molecular weight is 182 g/mol. The summed E-state index contributed by atoms with van der Waals surface area (Å²) in [4.78, 5) is 7.76. The van der Waals surface area contributed by atoms with Crippen LogP contribution in [0.4, 0.5) is 5.82 Å². The Morgan fingerprint density at radius 3 is 3.00 bits per heavy atom. The van der Waals surface area contributed by atoms with E-state index in [1.54, 1.807) is 0 Å². The van der Waals surface area contributed by atoms with E-state index in [4.69, 9.17) is 16.8 Å². The Kier molecular flexibility index (Phi) is 3.12. The van der Waals surface area contributed by atoms with Gasteiger partial charge >= 0.3 is 0 Å². The molecule has 7 heteroatoms. The summed E-state index contributed by atoms with van der Waals surface area (Å²) in [5.74, 6) is 10.7. The lowest BCUT2D eigenvalue weighted by Gasteiger charge is -2.10. The number of nitrogens with zero attached hydrogens (tertiary/aromatic N) is 4. The van der Waals surface area contributed by atoms with Gasteiger partial charge in [0.15, 0.2) is 5.82 Å². The van der Waals surface area contributed by atoms with Gasteiger partial charge in [-0.3, -0.25) is 4.98 Å². The third-order valence-electron chi connectivity index (χ3n) is 1.29. The van der Waals surface area contributed by atoms with Gasteiger partial charge in [0, 0.05) is 0 Å². The van der Waals surface area contributed by atoms with E-state index in [9.17, 15) is 0 Å². The third-order valence-corrected chi connectivity index (χ3v) is 1.29. The molecule has 0 saturated heterocycles. The molecule has 0 aliphatic carbocycles. The fraction of sp³-hybridized carbons (Fsp3) is 0.167. The number of aromatic nitrogens is 2. The van der Waals surface area contributed by atoms with E-state index in [-0.39, 0.29) is 6.61 Å². The summed E-state index contributed by atoms with van der Waals surface area (Å²) in [6.45, 7) is -0.186. The van der Waals surface area contributed by atoms with Gasteiger partial charge in [-0.1, -0.05) is 0 Å². The Hall–Kier alpha value is -1.73. The molecule has 0 atom stereocenters. The van der Waals surface area contributed by atoms with E-state index in [2.05, 4.69) is 15.1 Å². The highest BCUT2D eigenvalue weighted by Gasteiger charge is 2.01. The Morgan fingerprint density at radius 2 is 2.38 bits per heavy atom. The maximum absolute atomic E-state index is 8.75. The van der Waals surface area contributed by atoms with Crippen LogP contribution in [0.2, 0.25) is 0 Å². The molecule has 5 N–H and O–H groups in total. The summed E-state index contributed by atoms with van der Waals surface area (Å²) in [6.07, 6.45) is 4.06. The van der Waals surface area contributed by atoms with Gasteiger partial charge < -0.3 is 10.9 Å². The molecule has 0 amide bonds. The van der Waals surface area contributed by atoms with Crippen LogP contribution in [0, 0.1) is 0 Å². The molecule has 0 aliphatic rings. The van der Waals surface area contributed by atoms with Gasteiger partial charge in [0.25, 0.3) is 0 Å². The molecule has 0 saturated carbocycles. The number of nitrogens with two attached hydrogens (primary N) is 2. The molecule has 1 aromatic heterocycles. The number of hydrogen-bond acceptors (Lipinski definition) is 6. The molecule has 1 aromatic rings. The molecule has 1 rings (SSSR count). The Morgan fingerprint density at radius 1 is 1.62 bits per heavy atom. The van der Waals surface area contributed by atoms with Gasteiger partial charge in [0.2, 0.25) is 0 Å². The molecular weight excluding hydrogens is 172 g/mol. The lowest BCUT2D eigenvalue weighted by molar-refractivity contribution is 0.276. The van der Waals surface area contributed by atoms with Gasteiger partial charge in [-0.25, -0.2) is 15.8 Å². The van der Waals surface area contributed by atoms with Crippen molar-refractivity contribution in [1.82, 2.24) is 9.97 Å². The fourth-order valence-electron chi connectivity index (χ4n) is 0.726. The molecule has 1 heterocycles. The van der Waals surface area contributed by atoms with Crippen LogP contribution < -0.4 is 16.7 Å². The second-order valence-electron chi connectivity index (χ2n) is 2.20. The quantitative estimate of drug-likeness (QED) is 0.228. The number of hydrogen-bond donors (Lipinski definition) is 3. The van der Waals surface area contributed by atoms with E-state index in [0.717, 1.165) is 5.01 Å². The van der Waals surface area contributed by atoms with Gasteiger partial charge in [-0.15, -0.1) is 0 Å². The molecule has 7 nitrogen and oxygen atoms in total. The molecule has 0 aliphatic heterocycles. The molecule has 0 unspecified atom stereocenters. The highest BCUT2D eigenvalue weighted by Crippen LogP contribution is 2.03. The minimum Gasteiger partial charge on any atom is -0.390 e. The minimum absolute atomic E-state index is 0.186. The summed E-state index contributed by atoms with van der Waals surface area (Å²) >= 11 is 0. The second kappa shape index (κ2) is 4.33. The monoisotopic (exact) mass is 182 g/mol. The smallest absolute Gasteiger partial charge is 0.167 e. The summed E-state index contributed by atoms with van der Waals surface area (Å²) < 4.78 is 0. The van der Waals surface area contributed by atoms with E-state index in [0.29, 0.717) is 11.5 Å². The SMILES string of the molecule is N/N=C\N(N)c1cncc(CO)n1. The number of anilines is 1. The van der Waals surface area contributed by atoms with Crippen LogP contribution in [0.25, 0.3) is 0 Å². The van der Waals surface area contributed by atoms with Crippen molar-refractivity contribution in [2.75, 3.05) is 5.01 Å². The topological polar surface area (TPSA) is 114 Å². The molecular formula is C6H10N6O. The lowest BCUT2D eigenvalue weighted by atomic mass is 10.5. The predicted molar refractivity (Wildman–Crippen MR) is 47.3 cm³/mol. The van der Waals surface area contributed by atoms with Crippen LogP contribution in [-0.4, -0.2) is 21.4 Å². The zero-order chi connectivity index (χ0) is 9.68. The number of aliphatic hydroxyl groups is 1. The minimum atomic E-state index is -0.186. The van der Waals surface area contributed by atoms with Gasteiger partial charge in [0.05, 0.1) is 24.7 Å². The van der Waals surface area contributed by atoms with Crippen molar-refractivity contribution in [2.24, 2.45) is 16.8 Å². The lowest BCUT2D eigenvalue weighted by Crippen LogP contribution is -2.30. The van der Waals surface area contributed by atoms with E-state index in [1.807, 2.05) is 0 Å². The molecule has 0 bridgehead atoms. The summed E-state index contributed by atoms with van der Waals surface area (Å²) in [5.41, 5.74) is 0.429. The first-order chi connectivity index (χ1) is 6.27. The predicted octanol–water partition coefficient (Wildman–Crippen LogP) is -1.45. The van der Waals surface area contributed by atoms with Crippen molar-refractivity contribution in [1.29, 1.82) is 0 Å². The number of aliphatic hydroxyl groups excluding tert-OH is 1. The first-order valence-corrected chi connectivity index (χ1v) is 3.47. The second-order valence-corrected chi connectivity index (χ2v) is 2.20. The van der Waals surface area contributed by atoms with Crippen molar-refractivity contribution < 1.29 is 5.11 Å². The van der Waals surface area contributed by atoms with Crippen LogP contribution in [0.15, 0.2) is 17.5 Å². The maximum atomic E-state index is 8.75. The van der Waals surface area contributed by atoms with Crippen LogP contribution >= 0.6 is 0 Å². The maximum Gasteiger partial charge on any atom is 0.167 e. The van der Waals surface area contributed by atoms with Gasteiger partial charge in [-0.2, -0.15) is 5.10 Å². The summed E-state index contributed by atoms with van der Waals surface area (Å²) in [7, 11) is 0. The van der Waals surface area contributed by atoms with Crippen molar-refractivity contribution in [3.8, 4) is 0 Å². The van der Waals surface area contributed by atoms with Gasteiger partial charge in [0.1, 0.15) is 6.34 Å². The van der Waals surface area contributed by atoms with E-state index < -0.39 is 0 Å². The fourth-order valence-corrected chi connectivity index (χ4v) is 0.726. The zero-order valence-corrected chi connectivity index (χ0v) is 6.83. The van der Waals surface area contributed by atoms with Crippen LogP contribution in [0.1, 0.15) is 5.69 Å². The standard InChI is InChI=1S/C6H10N6O/c7-10-4-12(8)6-2-9-1-5(3-13)11-6/h1-2,4,13H,3,7-8H2/b10-4-. The van der Waals surface area contributed by atoms with Crippen LogP contribution in [-0.2, 0) is 6.61 Å². The summed E-state index contributed by atoms with van der Waals surface area (Å²) in [5, 5.41) is 13.1. The number of rotatable bonds is 3. The molecule has 13 heavy (non-hydrogen) atoms. The van der Waals surface area contributed by atoms with E-state index >= 15 is 0 Å². The number of hydrazine groups is 1. The van der Waals surface area contributed by atoms with E-state index in [1.165, 1.54) is 18.7 Å². The largest absolute Gasteiger partial charge is 0.390 e. The molecule has 0 fully saturated rings. The zero-order valence-electron chi connectivity index (χ0n) is 6.83. The molecule has 0 radical (unpaired) electrons. The Balaban J connectivity index is 2.87. The molecule has 0 aromatic carbocycles. The van der Waals surface area contributed by atoms with Crippen molar-refractivity contribution in [3.05, 3.63) is 18.1 Å². The highest BCUT2D eigenvalue weighted by molar-refractivity contribution is 5.74. The normalized spacial score (nSPS) is 10.6. The Bertz CT molecular complexity index is 301.